The Morgan fingerprint density at radius 3 is 2.93 bits per heavy atom. The molecule has 3 nitrogen and oxygen atoms in total. The molecule has 1 rings (SSSR count). The van der Waals surface area contributed by atoms with Gasteiger partial charge < -0.3 is 10.1 Å². The van der Waals surface area contributed by atoms with Crippen LogP contribution in [0.4, 0.5) is 0 Å². The Morgan fingerprint density at radius 2 is 2.40 bits per heavy atom. The molecule has 0 aliphatic carbocycles. The third-order valence-corrected chi connectivity index (χ3v) is 3.97. The van der Waals surface area contributed by atoms with Crippen LogP contribution in [0, 0.1) is 0 Å². The van der Waals surface area contributed by atoms with E-state index in [0.29, 0.717) is 6.61 Å². The number of nitrogens with one attached hydrogen (secondary N) is 1. The Kier molecular flexibility index (Phi) is 5.14. The van der Waals surface area contributed by atoms with Crippen LogP contribution in [-0.2, 0) is 4.74 Å². The lowest BCUT2D eigenvalue weighted by Crippen LogP contribution is -2.35. The van der Waals surface area contributed by atoms with Gasteiger partial charge in [0.05, 0.1) is 15.7 Å². The van der Waals surface area contributed by atoms with Crippen molar-refractivity contribution >= 4 is 29.0 Å². The third kappa shape index (κ3) is 3.85. The first kappa shape index (κ1) is 12.5. The molecular weight excluding hydrogens is 230 g/mol. The van der Waals surface area contributed by atoms with Gasteiger partial charge in [-0.3, -0.25) is 4.79 Å². The Morgan fingerprint density at radius 1 is 1.67 bits per heavy atom. The smallest absolute Gasteiger partial charge is 0.261 e. The van der Waals surface area contributed by atoms with E-state index in [-0.39, 0.29) is 11.9 Å². The standard InChI is InChI=1S/C10H15NO2S2/c1-7(6-13-2)11-10(12)8-4-5-9(14-3)15-8/h4-5,7H,6H2,1-3H3,(H,11,12). The summed E-state index contributed by atoms with van der Waals surface area (Å²) in [4.78, 5) is 12.4. The number of amides is 1. The van der Waals surface area contributed by atoms with Crippen molar-refractivity contribution in [2.45, 2.75) is 17.2 Å². The lowest BCUT2D eigenvalue weighted by atomic mass is 10.3. The van der Waals surface area contributed by atoms with E-state index in [4.69, 9.17) is 4.74 Å². The van der Waals surface area contributed by atoms with Gasteiger partial charge in [-0.2, -0.15) is 0 Å². The molecule has 1 atom stereocenters. The Hall–Kier alpha value is -0.520. The van der Waals surface area contributed by atoms with Crippen molar-refractivity contribution in [2.24, 2.45) is 0 Å². The van der Waals surface area contributed by atoms with E-state index in [1.165, 1.54) is 11.3 Å². The van der Waals surface area contributed by atoms with Crippen LogP contribution in [0.25, 0.3) is 0 Å². The first-order chi connectivity index (χ1) is 7.17. The molecule has 1 heterocycles. The number of hydrogen-bond acceptors (Lipinski definition) is 4. The van der Waals surface area contributed by atoms with Crippen LogP contribution in [0.2, 0.25) is 0 Å². The fourth-order valence-corrected chi connectivity index (χ4v) is 2.59. The van der Waals surface area contributed by atoms with Gasteiger partial charge in [-0.05, 0) is 25.3 Å². The van der Waals surface area contributed by atoms with E-state index in [9.17, 15) is 4.79 Å². The Bertz CT molecular complexity index is 325. The van der Waals surface area contributed by atoms with Crippen molar-refractivity contribution < 1.29 is 9.53 Å². The molecule has 1 amide bonds. The van der Waals surface area contributed by atoms with Crippen LogP contribution in [0.5, 0.6) is 0 Å². The minimum Gasteiger partial charge on any atom is -0.383 e. The van der Waals surface area contributed by atoms with Crippen LogP contribution >= 0.6 is 23.1 Å². The monoisotopic (exact) mass is 245 g/mol. The van der Waals surface area contributed by atoms with Gasteiger partial charge in [0.1, 0.15) is 0 Å². The second-order valence-electron chi connectivity index (χ2n) is 3.15. The van der Waals surface area contributed by atoms with Crippen molar-refractivity contribution in [1.82, 2.24) is 5.32 Å². The minimum atomic E-state index is -0.0233. The van der Waals surface area contributed by atoms with Gasteiger partial charge in [0, 0.05) is 13.2 Å². The molecule has 1 unspecified atom stereocenters. The summed E-state index contributed by atoms with van der Waals surface area (Å²) in [5.41, 5.74) is 0. The number of carbonyl (C=O) groups is 1. The summed E-state index contributed by atoms with van der Waals surface area (Å²) >= 11 is 3.16. The van der Waals surface area contributed by atoms with E-state index in [1.54, 1.807) is 18.9 Å². The normalized spacial score (nSPS) is 12.5. The summed E-state index contributed by atoms with van der Waals surface area (Å²) in [7, 11) is 1.62. The summed E-state index contributed by atoms with van der Waals surface area (Å²) in [5, 5.41) is 2.87. The molecule has 0 saturated heterocycles. The van der Waals surface area contributed by atoms with Crippen LogP contribution in [-0.4, -0.2) is 31.9 Å². The maximum Gasteiger partial charge on any atom is 0.261 e. The zero-order valence-corrected chi connectivity index (χ0v) is 10.7. The molecule has 1 aromatic rings. The molecule has 0 spiro atoms. The molecule has 5 heteroatoms. The number of hydrogen-bond donors (Lipinski definition) is 1. The van der Waals surface area contributed by atoms with Crippen molar-refractivity contribution in [1.29, 1.82) is 0 Å². The molecule has 0 radical (unpaired) electrons. The molecule has 0 saturated carbocycles. The third-order valence-electron chi connectivity index (χ3n) is 1.80. The molecular formula is C10H15NO2S2. The number of methoxy groups -OCH3 is 1. The first-order valence-corrected chi connectivity index (χ1v) is 6.65. The molecule has 15 heavy (non-hydrogen) atoms. The van der Waals surface area contributed by atoms with Crippen LogP contribution in [0.3, 0.4) is 0 Å². The van der Waals surface area contributed by atoms with E-state index in [1.807, 2.05) is 25.3 Å². The highest BCUT2D eigenvalue weighted by Gasteiger charge is 2.11. The van der Waals surface area contributed by atoms with Gasteiger partial charge in [-0.25, -0.2) is 0 Å². The number of rotatable bonds is 5. The highest BCUT2D eigenvalue weighted by molar-refractivity contribution is 8.00. The SMILES string of the molecule is COCC(C)NC(=O)c1ccc(SC)s1. The molecule has 0 aromatic carbocycles. The summed E-state index contributed by atoms with van der Waals surface area (Å²) in [6.07, 6.45) is 2.00. The van der Waals surface area contributed by atoms with Crippen molar-refractivity contribution in [3.63, 3.8) is 0 Å². The van der Waals surface area contributed by atoms with Crippen molar-refractivity contribution in [2.75, 3.05) is 20.0 Å². The quantitative estimate of drug-likeness (QED) is 0.809. The lowest BCUT2D eigenvalue weighted by Gasteiger charge is -2.11. The summed E-state index contributed by atoms with van der Waals surface area (Å²) in [6.45, 7) is 2.46. The maximum atomic E-state index is 11.7. The predicted molar refractivity (Wildman–Crippen MR) is 64.9 cm³/mol. The van der Waals surface area contributed by atoms with E-state index in [2.05, 4.69) is 5.32 Å². The molecule has 0 aliphatic rings. The van der Waals surface area contributed by atoms with Crippen molar-refractivity contribution in [3.8, 4) is 0 Å². The second kappa shape index (κ2) is 6.15. The lowest BCUT2D eigenvalue weighted by molar-refractivity contribution is 0.0909. The van der Waals surface area contributed by atoms with Gasteiger partial charge in [0.2, 0.25) is 0 Å². The second-order valence-corrected chi connectivity index (χ2v) is 5.34. The van der Waals surface area contributed by atoms with Crippen LogP contribution in [0.15, 0.2) is 16.3 Å². The fourth-order valence-electron chi connectivity index (χ4n) is 1.14. The molecule has 1 aromatic heterocycles. The summed E-state index contributed by atoms with van der Waals surface area (Å²) in [5.74, 6) is -0.0233. The van der Waals surface area contributed by atoms with Gasteiger partial charge >= 0.3 is 0 Å². The van der Waals surface area contributed by atoms with E-state index < -0.39 is 0 Å². The van der Waals surface area contributed by atoms with Crippen molar-refractivity contribution in [3.05, 3.63) is 17.0 Å². The van der Waals surface area contributed by atoms with E-state index in [0.717, 1.165) is 9.09 Å². The van der Waals surface area contributed by atoms with Crippen LogP contribution in [0.1, 0.15) is 16.6 Å². The Labute approximate surface area is 98.2 Å². The predicted octanol–water partition coefficient (Wildman–Crippen LogP) is 2.23. The highest BCUT2D eigenvalue weighted by Crippen LogP contribution is 2.24. The largest absolute Gasteiger partial charge is 0.383 e. The average Bonchev–Trinajstić information content (AvgIpc) is 2.66. The molecule has 0 aliphatic heterocycles. The minimum absolute atomic E-state index is 0.0233. The maximum absolute atomic E-state index is 11.7. The number of thiophene rings is 1. The van der Waals surface area contributed by atoms with Crippen LogP contribution < -0.4 is 5.32 Å². The zero-order chi connectivity index (χ0) is 11.3. The zero-order valence-electron chi connectivity index (χ0n) is 9.07. The van der Waals surface area contributed by atoms with E-state index >= 15 is 0 Å². The van der Waals surface area contributed by atoms with Gasteiger partial charge in [0.15, 0.2) is 0 Å². The molecule has 1 N–H and O–H groups in total. The molecule has 84 valence electrons. The van der Waals surface area contributed by atoms with Gasteiger partial charge in [0.25, 0.3) is 5.91 Å². The highest BCUT2D eigenvalue weighted by atomic mass is 32.2. The number of carbonyl (C=O) groups excluding carboxylic acids is 1. The summed E-state index contributed by atoms with van der Waals surface area (Å²) in [6, 6.07) is 3.86. The van der Waals surface area contributed by atoms with Gasteiger partial charge in [-0.15, -0.1) is 23.1 Å². The molecule has 0 bridgehead atoms. The summed E-state index contributed by atoms with van der Waals surface area (Å²) < 4.78 is 6.10. The first-order valence-electron chi connectivity index (χ1n) is 4.61. The topological polar surface area (TPSA) is 38.3 Å². The Balaban J connectivity index is 2.53. The fraction of sp³-hybridized carbons (Fsp3) is 0.500. The average molecular weight is 245 g/mol. The molecule has 0 fully saturated rings. The number of thioether (sulfide) groups is 1. The number of ether oxygens (including phenoxy) is 1. The van der Waals surface area contributed by atoms with Gasteiger partial charge in [-0.1, -0.05) is 0 Å².